The summed E-state index contributed by atoms with van der Waals surface area (Å²) in [6.45, 7) is 4.26. The molecule has 22 heavy (non-hydrogen) atoms. The van der Waals surface area contributed by atoms with Crippen LogP contribution in [0.25, 0.3) is 0 Å². The lowest BCUT2D eigenvalue weighted by molar-refractivity contribution is 0.102. The number of hydrogen-bond donors (Lipinski definition) is 2. The van der Waals surface area contributed by atoms with Gasteiger partial charge in [-0.1, -0.05) is 26.0 Å². The first kappa shape index (κ1) is 15.9. The van der Waals surface area contributed by atoms with Crippen LogP contribution in [0.4, 0.5) is 17.1 Å². The molecule has 2 rings (SSSR count). The highest BCUT2D eigenvalue weighted by Gasteiger charge is 2.11. The van der Waals surface area contributed by atoms with E-state index in [1.54, 1.807) is 6.07 Å². The van der Waals surface area contributed by atoms with E-state index in [4.69, 9.17) is 5.73 Å². The standard InChI is InChI=1S/C18H23N3O/c1-12(2)13-5-7-14(8-6-13)18(22)20-16-11-15(19)9-10-17(16)21(3)4/h5-12H,19H2,1-4H3,(H,20,22). The summed E-state index contributed by atoms with van der Waals surface area (Å²) < 4.78 is 0. The molecular weight excluding hydrogens is 274 g/mol. The van der Waals surface area contributed by atoms with E-state index in [-0.39, 0.29) is 5.91 Å². The van der Waals surface area contributed by atoms with Crippen LogP contribution in [0, 0.1) is 0 Å². The molecule has 0 aliphatic heterocycles. The van der Waals surface area contributed by atoms with Crippen LogP contribution in [-0.2, 0) is 0 Å². The van der Waals surface area contributed by atoms with Gasteiger partial charge in [-0.25, -0.2) is 0 Å². The first-order valence-electron chi connectivity index (χ1n) is 7.36. The van der Waals surface area contributed by atoms with Crippen molar-refractivity contribution in [3.8, 4) is 0 Å². The Morgan fingerprint density at radius 3 is 2.27 bits per heavy atom. The maximum Gasteiger partial charge on any atom is 0.255 e. The Kier molecular flexibility index (Phi) is 4.71. The van der Waals surface area contributed by atoms with E-state index < -0.39 is 0 Å². The molecule has 0 heterocycles. The van der Waals surface area contributed by atoms with Gasteiger partial charge in [0, 0.05) is 25.3 Å². The molecule has 0 fully saturated rings. The van der Waals surface area contributed by atoms with Crippen LogP contribution in [-0.4, -0.2) is 20.0 Å². The number of carbonyl (C=O) groups is 1. The van der Waals surface area contributed by atoms with Crippen molar-refractivity contribution in [1.82, 2.24) is 0 Å². The predicted molar refractivity (Wildman–Crippen MR) is 93.7 cm³/mol. The lowest BCUT2D eigenvalue weighted by Crippen LogP contribution is -2.17. The maximum absolute atomic E-state index is 12.4. The lowest BCUT2D eigenvalue weighted by Gasteiger charge is -2.18. The molecule has 4 heteroatoms. The normalized spacial score (nSPS) is 10.6. The van der Waals surface area contributed by atoms with E-state index in [1.165, 1.54) is 5.56 Å². The summed E-state index contributed by atoms with van der Waals surface area (Å²) in [6.07, 6.45) is 0. The first-order valence-corrected chi connectivity index (χ1v) is 7.36. The molecule has 0 aliphatic rings. The topological polar surface area (TPSA) is 58.4 Å². The van der Waals surface area contributed by atoms with Gasteiger partial charge in [0.25, 0.3) is 5.91 Å². The van der Waals surface area contributed by atoms with Gasteiger partial charge in [0.15, 0.2) is 0 Å². The van der Waals surface area contributed by atoms with Gasteiger partial charge in [-0.15, -0.1) is 0 Å². The number of nitrogens with zero attached hydrogens (tertiary/aromatic N) is 1. The molecule has 1 amide bonds. The average Bonchev–Trinajstić information content (AvgIpc) is 2.47. The van der Waals surface area contributed by atoms with Crippen LogP contribution < -0.4 is 16.0 Å². The molecule has 2 aromatic rings. The van der Waals surface area contributed by atoms with E-state index in [9.17, 15) is 4.79 Å². The Hall–Kier alpha value is -2.49. The van der Waals surface area contributed by atoms with Gasteiger partial charge in [0.1, 0.15) is 0 Å². The third kappa shape index (κ3) is 3.58. The van der Waals surface area contributed by atoms with E-state index >= 15 is 0 Å². The summed E-state index contributed by atoms with van der Waals surface area (Å²) in [4.78, 5) is 14.4. The third-order valence-electron chi connectivity index (χ3n) is 3.59. The zero-order valence-corrected chi connectivity index (χ0v) is 13.6. The zero-order valence-electron chi connectivity index (χ0n) is 13.6. The minimum absolute atomic E-state index is 0.135. The minimum Gasteiger partial charge on any atom is -0.399 e. The fourth-order valence-electron chi connectivity index (χ4n) is 2.26. The summed E-state index contributed by atoms with van der Waals surface area (Å²) >= 11 is 0. The highest BCUT2D eigenvalue weighted by atomic mass is 16.1. The predicted octanol–water partition coefficient (Wildman–Crippen LogP) is 3.71. The van der Waals surface area contributed by atoms with Crippen molar-refractivity contribution in [3.05, 3.63) is 53.6 Å². The Morgan fingerprint density at radius 1 is 1.09 bits per heavy atom. The van der Waals surface area contributed by atoms with Crippen molar-refractivity contribution in [3.63, 3.8) is 0 Å². The van der Waals surface area contributed by atoms with Gasteiger partial charge in [-0.3, -0.25) is 4.79 Å². The molecule has 0 radical (unpaired) electrons. The molecule has 0 saturated heterocycles. The monoisotopic (exact) mass is 297 g/mol. The molecule has 0 spiro atoms. The summed E-state index contributed by atoms with van der Waals surface area (Å²) in [6, 6.07) is 13.2. The maximum atomic E-state index is 12.4. The molecule has 3 N–H and O–H groups in total. The summed E-state index contributed by atoms with van der Waals surface area (Å²) in [5.74, 6) is 0.315. The van der Waals surface area contributed by atoms with E-state index in [1.807, 2.05) is 55.4 Å². The van der Waals surface area contributed by atoms with Gasteiger partial charge in [0.2, 0.25) is 0 Å². The fraction of sp³-hybridized carbons (Fsp3) is 0.278. The first-order chi connectivity index (χ1) is 10.4. The largest absolute Gasteiger partial charge is 0.399 e. The number of benzene rings is 2. The summed E-state index contributed by atoms with van der Waals surface area (Å²) in [5, 5.41) is 2.94. The molecule has 116 valence electrons. The number of nitrogens with two attached hydrogens (primary N) is 1. The zero-order chi connectivity index (χ0) is 16.3. The van der Waals surface area contributed by atoms with Gasteiger partial charge in [-0.2, -0.15) is 0 Å². The Labute approximate surface area is 131 Å². The molecule has 0 unspecified atom stereocenters. The molecule has 4 nitrogen and oxygen atoms in total. The highest BCUT2D eigenvalue weighted by Crippen LogP contribution is 2.27. The number of rotatable bonds is 4. The molecule has 0 aliphatic carbocycles. The van der Waals surface area contributed by atoms with Gasteiger partial charge in [-0.05, 0) is 41.8 Å². The second-order valence-electron chi connectivity index (χ2n) is 5.90. The second kappa shape index (κ2) is 6.52. The van der Waals surface area contributed by atoms with Crippen LogP contribution in [0.5, 0.6) is 0 Å². The molecule has 0 bridgehead atoms. The SMILES string of the molecule is CC(C)c1ccc(C(=O)Nc2cc(N)ccc2N(C)C)cc1. The van der Waals surface area contributed by atoms with E-state index in [2.05, 4.69) is 19.2 Å². The van der Waals surface area contributed by atoms with E-state index in [0.29, 0.717) is 22.9 Å². The third-order valence-corrected chi connectivity index (χ3v) is 3.59. The Bertz CT molecular complexity index is 661. The number of nitrogen functional groups attached to an aromatic ring is 1. The smallest absolute Gasteiger partial charge is 0.255 e. The van der Waals surface area contributed by atoms with E-state index in [0.717, 1.165) is 5.69 Å². The second-order valence-corrected chi connectivity index (χ2v) is 5.90. The van der Waals surface area contributed by atoms with Gasteiger partial charge >= 0.3 is 0 Å². The van der Waals surface area contributed by atoms with Gasteiger partial charge in [0.05, 0.1) is 11.4 Å². The lowest BCUT2D eigenvalue weighted by atomic mass is 10.0. The van der Waals surface area contributed by atoms with Crippen LogP contribution in [0.15, 0.2) is 42.5 Å². The number of anilines is 3. The fourth-order valence-corrected chi connectivity index (χ4v) is 2.26. The van der Waals surface area contributed by atoms with Crippen molar-refractivity contribution < 1.29 is 4.79 Å². The Morgan fingerprint density at radius 2 is 1.73 bits per heavy atom. The van der Waals surface area contributed by atoms with Crippen LogP contribution in [0.2, 0.25) is 0 Å². The van der Waals surface area contributed by atoms with Crippen LogP contribution >= 0.6 is 0 Å². The molecule has 0 atom stereocenters. The summed E-state index contributed by atoms with van der Waals surface area (Å²) in [7, 11) is 3.86. The molecule has 0 aromatic heterocycles. The van der Waals surface area contributed by atoms with Crippen molar-refractivity contribution in [1.29, 1.82) is 0 Å². The summed E-state index contributed by atoms with van der Waals surface area (Å²) in [5.41, 5.74) is 9.93. The van der Waals surface area contributed by atoms with Crippen molar-refractivity contribution in [2.45, 2.75) is 19.8 Å². The average molecular weight is 297 g/mol. The number of nitrogens with one attached hydrogen (secondary N) is 1. The van der Waals surface area contributed by atoms with Gasteiger partial charge < -0.3 is 16.0 Å². The van der Waals surface area contributed by atoms with Crippen molar-refractivity contribution in [2.75, 3.05) is 30.0 Å². The number of amides is 1. The molecule has 2 aromatic carbocycles. The quantitative estimate of drug-likeness (QED) is 0.846. The number of carbonyl (C=O) groups excluding carboxylic acids is 1. The highest BCUT2D eigenvalue weighted by molar-refractivity contribution is 6.06. The minimum atomic E-state index is -0.135. The van der Waals surface area contributed by atoms with Crippen molar-refractivity contribution >= 4 is 23.0 Å². The molecule has 0 saturated carbocycles. The van der Waals surface area contributed by atoms with Crippen LogP contribution in [0.3, 0.4) is 0 Å². The number of hydrogen-bond acceptors (Lipinski definition) is 3. The van der Waals surface area contributed by atoms with Crippen LogP contribution in [0.1, 0.15) is 35.7 Å². The molecular formula is C18H23N3O. The Balaban J connectivity index is 2.23. The van der Waals surface area contributed by atoms with Crippen molar-refractivity contribution in [2.24, 2.45) is 0 Å².